The minimum absolute atomic E-state index is 0.0656. The molecule has 1 N–H and O–H groups in total. The summed E-state index contributed by atoms with van der Waals surface area (Å²) in [5.74, 6) is -0.946. The molecule has 4 rings (SSSR count). The Balaban J connectivity index is 1.39. The molecule has 29 heavy (non-hydrogen) atoms. The van der Waals surface area contributed by atoms with Gasteiger partial charge in [0.05, 0.1) is 22.2 Å². The van der Waals surface area contributed by atoms with Gasteiger partial charge in [-0.2, -0.15) is 0 Å². The Hall–Kier alpha value is -4.00. The van der Waals surface area contributed by atoms with Crippen LogP contribution in [0.4, 0.5) is 0 Å². The summed E-state index contributed by atoms with van der Waals surface area (Å²) in [6, 6.07) is 15.3. The van der Waals surface area contributed by atoms with Crippen molar-refractivity contribution in [1.29, 1.82) is 0 Å². The normalized spacial score (nSPS) is 10.8. The molecular weight excluding hydrogens is 372 g/mol. The lowest BCUT2D eigenvalue weighted by Gasteiger charge is -2.10. The summed E-state index contributed by atoms with van der Waals surface area (Å²) in [4.78, 5) is 32.0. The quantitative estimate of drug-likeness (QED) is 0.397. The van der Waals surface area contributed by atoms with Gasteiger partial charge >= 0.3 is 11.9 Å². The standard InChI is InChI=1S/C22H16N2O5/c25-21(26)17-8-10-24-20-13-14(6-7-16(17)20)28-11-12-29-22(27)18-3-1-5-19-15(18)4-2-9-23-19/h1-10,13H,11-12H2,(H,25,26). The van der Waals surface area contributed by atoms with E-state index in [1.54, 1.807) is 42.6 Å². The van der Waals surface area contributed by atoms with Crippen LogP contribution in [0.1, 0.15) is 20.7 Å². The van der Waals surface area contributed by atoms with E-state index in [4.69, 9.17) is 9.47 Å². The van der Waals surface area contributed by atoms with Gasteiger partial charge in [-0.1, -0.05) is 12.1 Å². The van der Waals surface area contributed by atoms with Crippen LogP contribution in [0.3, 0.4) is 0 Å². The van der Waals surface area contributed by atoms with Crippen molar-refractivity contribution in [3.05, 3.63) is 78.1 Å². The zero-order chi connectivity index (χ0) is 20.2. The van der Waals surface area contributed by atoms with Crippen molar-refractivity contribution in [3.8, 4) is 5.75 Å². The fourth-order valence-electron chi connectivity index (χ4n) is 3.06. The Labute approximate surface area is 165 Å². The van der Waals surface area contributed by atoms with Crippen molar-refractivity contribution in [2.45, 2.75) is 0 Å². The highest BCUT2D eigenvalue weighted by Crippen LogP contribution is 2.22. The Morgan fingerprint density at radius 3 is 2.52 bits per heavy atom. The Morgan fingerprint density at radius 1 is 0.828 bits per heavy atom. The largest absolute Gasteiger partial charge is 0.490 e. The van der Waals surface area contributed by atoms with Gasteiger partial charge in [-0.25, -0.2) is 9.59 Å². The Bertz CT molecular complexity index is 1220. The third-order valence-corrected chi connectivity index (χ3v) is 4.40. The van der Waals surface area contributed by atoms with Crippen LogP contribution in [0.5, 0.6) is 5.75 Å². The molecule has 0 amide bonds. The first-order valence-corrected chi connectivity index (χ1v) is 8.89. The van der Waals surface area contributed by atoms with Crippen LogP contribution >= 0.6 is 0 Å². The van der Waals surface area contributed by atoms with Crippen LogP contribution in [0.25, 0.3) is 21.8 Å². The number of nitrogens with zero attached hydrogens (tertiary/aromatic N) is 2. The zero-order valence-corrected chi connectivity index (χ0v) is 15.2. The number of aromatic nitrogens is 2. The van der Waals surface area contributed by atoms with Gasteiger partial charge in [0.2, 0.25) is 0 Å². The molecule has 0 atom stereocenters. The van der Waals surface area contributed by atoms with Gasteiger partial charge in [0.1, 0.15) is 19.0 Å². The van der Waals surface area contributed by atoms with Crippen LogP contribution in [0, 0.1) is 0 Å². The number of benzene rings is 2. The summed E-state index contributed by atoms with van der Waals surface area (Å²) < 4.78 is 10.9. The topological polar surface area (TPSA) is 98.6 Å². The SMILES string of the molecule is O=C(O)c1ccnc2cc(OCCOC(=O)c3cccc4ncccc34)ccc12. The molecule has 0 radical (unpaired) electrons. The average molecular weight is 388 g/mol. The number of carboxylic acids is 1. The summed E-state index contributed by atoms with van der Waals surface area (Å²) in [7, 11) is 0. The molecular formula is C22H16N2O5. The summed E-state index contributed by atoms with van der Waals surface area (Å²) in [5, 5.41) is 10.5. The maximum absolute atomic E-state index is 12.4. The van der Waals surface area contributed by atoms with Gasteiger partial charge in [-0.15, -0.1) is 0 Å². The molecule has 0 fully saturated rings. The second-order valence-electron chi connectivity index (χ2n) is 6.20. The third-order valence-electron chi connectivity index (χ3n) is 4.40. The lowest BCUT2D eigenvalue weighted by Crippen LogP contribution is -2.12. The molecule has 4 aromatic rings. The van der Waals surface area contributed by atoms with Gasteiger partial charge in [0.25, 0.3) is 0 Å². The highest BCUT2D eigenvalue weighted by atomic mass is 16.6. The summed E-state index contributed by atoms with van der Waals surface area (Å²) >= 11 is 0. The zero-order valence-electron chi connectivity index (χ0n) is 15.2. The van der Waals surface area contributed by atoms with Crippen molar-refractivity contribution in [3.63, 3.8) is 0 Å². The first kappa shape index (κ1) is 18.4. The second kappa shape index (κ2) is 7.93. The monoisotopic (exact) mass is 388 g/mol. The van der Waals surface area contributed by atoms with Gasteiger partial charge in [0, 0.05) is 29.2 Å². The first-order valence-electron chi connectivity index (χ1n) is 8.89. The predicted octanol–water partition coefficient (Wildman–Crippen LogP) is 3.72. The molecule has 7 heteroatoms. The highest BCUT2D eigenvalue weighted by molar-refractivity contribution is 6.03. The van der Waals surface area contributed by atoms with Gasteiger partial charge < -0.3 is 14.6 Å². The van der Waals surface area contributed by atoms with Crippen molar-refractivity contribution in [2.75, 3.05) is 13.2 Å². The van der Waals surface area contributed by atoms with Crippen molar-refractivity contribution >= 4 is 33.7 Å². The molecule has 0 aliphatic carbocycles. The van der Waals surface area contributed by atoms with E-state index in [-0.39, 0.29) is 18.8 Å². The Kier molecular flexibility index (Phi) is 5.03. The number of carbonyl (C=O) groups excluding carboxylic acids is 1. The molecule has 2 aromatic carbocycles. The molecule has 144 valence electrons. The van der Waals surface area contributed by atoms with E-state index in [2.05, 4.69) is 9.97 Å². The van der Waals surface area contributed by atoms with E-state index in [1.807, 2.05) is 12.1 Å². The lowest BCUT2D eigenvalue weighted by molar-refractivity contribution is 0.0452. The number of hydrogen-bond donors (Lipinski definition) is 1. The van der Waals surface area contributed by atoms with Crippen LogP contribution < -0.4 is 4.74 Å². The van der Waals surface area contributed by atoms with Gasteiger partial charge in [-0.05, 0) is 36.4 Å². The van der Waals surface area contributed by atoms with Crippen LogP contribution in [0.2, 0.25) is 0 Å². The smallest absolute Gasteiger partial charge is 0.338 e. The number of fused-ring (bicyclic) bond motifs is 2. The minimum atomic E-state index is -1.01. The molecule has 0 saturated heterocycles. The number of hydrogen-bond acceptors (Lipinski definition) is 6. The van der Waals surface area contributed by atoms with E-state index in [1.165, 1.54) is 12.3 Å². The Morgan fingerprint density at radius 2 is 1.66 bits per heavy atom. The minimum Gasteiger partial charge on any atom is -0.490 e. The number of esters is 1. The molecule has 0 aliphatic rings. The fraction of sp³-hybridized carbons (Fsp3) is 0.0909. The number of carbonyl (C=O) groups is 2. The second-order valence-corrected chi connectivity index (χ2v) is 6.20. The van der Waals surface area contributed by atoms with Crippen molar-refractivity contribution in [1.82, 2.24) is 9.97 Å². The number of carboxylic acid groups (broad SMARTS) is 1. The molecule has 0 unspecified atom stereocenters. The summed E-state index contributed by atoms with van der Waals surface area (Å²) in [6.45, 7) is 0.217. The van der Waals surface area contributed by atoms with E-state index < -0.39 is 11.9 Å². The lowest BCUT2D eigenvalue weighted by atomic mass is 10.1. The maximum atomic E-state index is 12.4. The van der Waals surface area contributed by atoms with E-state index in [0.29, 0.717) is 22.2 Å². The third kappa shape index (κ3) is 3.84. The maximum Gasteiger partial charge on any atom is 0.338 e. The molecule has 2 aromatic heterocycles. The van der Waals surface area contributed by atoms with Crippen molar-refractivity contribution in [2.24, 2.45) is 0 Å². The molecule has 7 nitrogen and oxygen atoms in total. The van der Waals surface area contributed by atoms with Crippen LogP contribution in [-0.4, -0.2) is 40.2 Å². The number of pyridine rings is 2. The van der Waals surface area contributed by atoms with Crippen molar-refractivity contribution < 1.29 is 24.2 Å². The summed E-state index contributed by atoms with van der Waals surface area (Å²) in [6.07, 6.45) is 3.11. The van der Waals surface area contributed by atoms with Crippen LogP contribution in [0.15, 0.2) is 67.0 Å². The van der Waals surface area contributed by atoms with E-state index >= 15 is 0 Å². The highest BCUT2D eigenvalue weighted by Gasteiger charge is 2.12. The molecule has 0 bridgehead atoms. The number of aromatic carboxylic acids is 1. The number of ether oxygens (including phenoxy) is 2. The first-order chi connectivity index (χ1) is 14.1. The van der Waals surface area contributed by atoms with E-state index in [0.717, 1.165) is 10.9 Å². The molecule has 0 saturated carbocycles. The average Bonchev–Trinajstić information content (AvgIpc) is 2.75. The molecule has 2 heterocycles. The molecule has 0 aliphatic heterocycles. The predicted molar refractivity (Wildman–Crippen MR) is 106 cm³/mol. The fourth-order valence-corrected chi connectivity index (χ4v) is 3.06. The van der Waals surface area contributed by atoms with Gasteiger partial charge in [-0.3, -0.25) is 9.97 Å². The van der Waals surface area contributed by atoms with Crippen LogP contribution in [-0.2, 0) is 4.74 Å². The summed E-state index contributed by atoms with van der Waals surface area (Å²) in [5.41, 5.74) is 1.87. The van der Waals surface area contributed by atoms with E-state index in [9.17, 15) is 14.7 Å². The number of rotatable bonds is 6. The molecule has 0 spiro atoms. The van der Waals surface area contributed by atoms with Gasteiger partial charge in [0.15, 0.2) is 0 Å².